The van der Waals surface area contributed by atoms with Gasteiger partial charge in [-0.25, -0.2) is 13.2 Å². The molecule has 0 fully saturated rings. The molecule has 0 spiro atoms. The zero-order chi connectivity index (χ0) is 22.6. The summed E-state index contributed by atoms with van der Waals surface area (Å²) in [6.45, 7) is 1.89. The van der Waals surface area contributed by atoms with Crippen LogP contribution in [-0.4, -0.2) is 27.3 Å². The number of rotatable bonds is 7. The van der Waals surface area contributed by atoms with Crippen molar-refractivity contribution in [1.82, 2.24) is 0 Å². The van der Waals surface area contributed by atoms with Crippen LogP contribution in [0.1, 0.15) is 31.8 Å². The van der Waals surface area contributed by atoms with Gasteiger partial charge in [-0.1, -0.05) is 35.9 Å². The van der Waals surface area contributed by atoms with E-state index in [9.17, 15) is 18.0 Å². The summed E-state index contributed by atoms with van der Waals surface area (Å²) >= 11 is 0. The lowest BCUT2D eigenvalue weighted by molar-refractivity contribution is 0.0472. The van der Waals surface area contributed by atoms with E-state index in [2.05, 4.69) is 0 Å². The summed E-state index contributed by atoms with van der Waals surface area (Å²) in [5.74, 6) is -1.20. The van der Waals surface area contributed by atoms with E-state index in [4.69, 9.17) is 10.5 Å². The molecule has 2 N–H and O–H groups in total. The molecule has 0 heterocycles. The van der Waals surface area contributed by atoms with Crippen LogP contribution in [0.3, 0.4) is 0 Å². The SMILES string of the molecule is Cc1ccc(N(C)S(=O)(=O)c2cccc(C(=O)OCc3ccc(C(N)=O)cc3)c2)cc1. The molecule has 3 rings (SSSR count). The summed E-state index contributed by atoms with van der Waals surface area (Å²) in [6.07, 6.45) is 0. The van der Waals surface area contributed by atoms with E-state index in [0.717, 1.165) is 9.87 Å². The van der Waals surface area contributed by atoms with E-state index in [1.807, 2.05) is 19.1 Å². The molecule has 31 heavy (non-hydrogen) atoms. The summed E-state index contributed by atoms with van der Waals surface area (Å²) in [6, 6.07) is 19.1. The fourth-order valence-electron chi connectivity index (χ4n) is 2.83. The maximum absolute atomic E-state index is 13.0. The van der Waals surface area contributed by atoms with E-state index in [1.165, 1.54) is 31.3 Å². The molecule has 8 heteroatoms. The molecular formula is C23H22N2O5S. The minimum absolute atomic E-state index is 0.0177. The third-order valence-electron chi connectivity index (χ3n) is 4.73. The average Bonchev–Trinajstić information content (AvgIpc) is 2.77. The van der Waals surface area contributed by atoms with Gasteiger partial charge in [0.15, 0.2) is 0 Å². The largest absolute Gasteiger partial charge is 0.457 e. The van der Waals surface area contributed by atoms with E-state index in [-0.39, 0.29) is 17.1 Å². The first-order valence-corrected chi connectivity index (χ1v) is 10.8. The first-order chi connectivity index (χ1) is 14.7. The lowest BCUT2D eigenvalue weighted by atomic mass is 10.1. The molecule has 0 radical (unpaired) electrons. The summed E-state index contributed by atoms with van der Waals surface area (Å²) in [5.41, 5.74) is 7.87. The quantitative estimate of drug-likeness (QED) is 0.570. The Morgan fingerprint density at radius 3 is 2.19 bits per heavy atom. The van der Waals surface area contributed by atoms with E-state index in [1.54, 1.807) is 36.4 Å². The monoisotopic (exact) mass is 438 g/mol. The van der Waals surface area contributed by atoms with Crippen molar-refractivity contribution in [3.05, 3.63) is 95.1 Å². The number of anilines is 1. The number of aryl methyl sites for hydroxylation is 1. The van der Waals surface area contributed by atoms with Crippen LogP contribution in [0.15, 0.2) is 77.7 Å². The molecule has 7 nitrogen and oxygen atoms in total. The Balaban J connectivity index is 1.74. The smallest absolute Gasteiger partial charge is 0.338 e. The molecule has 3 aromatic rings. The highest BCUT2D eigenvalue weighted by Gasteiger charge is 2.22. The Bertz CT molecular complexity index is 1200. The minimum Gasteiger partial charge on any atom is -0.457 e. The third kappa shape index (κ3) is 5.10. The lowest BCUT2D eigenvalue weighted by Crippen LogP contribution is -2.26. The van der Waals surface area contributed by atoms with Gasteiger partial charge in [0.25, 0.3) is 10.0 Å². The molecule has 0 atom stereocenters. The normalized spacial score (nSPS) is 11.0. The molecule has 160 valence electrons. The minimum atomic E-state index is -3.86. The highest BCUT2D eigenvalue weighted by molar-refractivity contribution is 7.92. The second kappa shape index (κ2) is 9.01. The van der Waals surface area contributed by atoms with Crippen molar-refractivity contribution in [1.29, 1.82) is 0 Å². The maximum atomic E-state index is 13.0. The Labute approximate surface area is 181 Å². The number of benzene rings is 3. The molecule has 1 amide bonds. The van der Waals surface area contributed by atoms with Gasteiger partial charge in [-0.15, -0.1) is 0 Å². The van der Waals surface area contributed by atoms with Gasteiger partial charge in [0.05, 0.1) is 16.1 Å². The van der Waals surface area contributed by atoms with Crippen molar-refractivity contribution >= 4 is 27.6 Å². The van der Waals surface area contributed by atoms with Crippen LogP contribution >= 0.6 is 0 Å². The Morgan fingerprint density at radius 1 is 0.935 bits per heavy atom. The fraction of sp³-hybridized carbons (Fsp3) is 0.130. The van der Waals surface area contributed by atoms with E-state index in [0.29, 0.717) is 16.8 Å². The van der Waals surface area contributed by atoms with Gasteiger partial charge in [0.1, 0.15) is 6.61 Å². The van der Waals surface area contributed by atoms with Gasteiger partial charge in [-0.05, 0) is 55.0 Å². The first kappa shape index (κ1) is 22.0. The van der Waals surface area contributed by atoms with Crippen molar-refractivity contribution in [2.75, 3.05) is 11.4 Å². The number of hydrogen-bond acceptors (Lipinski definition) is 5. The zero-order valence-electron chi connectivity index (χ0n) is 17.1. The van der Waals surface area contributed by atoms with Gasteiger partial charge in [-0.3, -0.25) is 9.10 Å². The number of carbonyl (C=O) groups excluding carboxylic acids is 2. The molecule has 0 aliphatic heterocycles. The average molecular weight is 439 g/mol. The summed E-state index contributed by atoms with van der Waals surface area (Å²) in [4.78, 5) is 23.5. The molecule has 0 saturated carbocycles. The van der Waals surface area contributed by atoms with Crippen molar-refractivity contribution in [3.8, 4) is 0 Å². The van der Waals surface area contributed by atoms with E-state index >= 15 is 0 Å². The van der Waals surface area contributed by atoms with Gasteiger partial charge in [-0.2, -0.15) is 0 Å². The van der Waals surface area contributed by atoms with Crippen LogP contribution in [0.25, 0.3) is 0 Å². The van der Waals surface area contributed by atoms with Crippen molar-refractivity contribution in [2.45, 2.75) is 18.4 Å². The third-order valence-corrected chi connectivity index (χ3v) is 6.52. The number of primary amides is 1. The second-order valence-electron chi connectivity index (χ2n) is 6.97. The van der Waals surface area contributed by atoms with Crippen LogP contribution in [0.2, 0.25) is 0 Å². The summed E-state index contributed by atoms with van der Waals surface area (Å²) < 4.78 is 32.4. The highest BCUT2D eigenvalue weighted by Crippen LogP contribution is 2.23. The van der Waals surface area contributed by atoms with E-state index < -0.39 is 21.9 Å². The molecule has 3 aromatic carbocycles. The van der Waals surface area contributed by atoms with Gasteiger partial charge in [0, 0.05) is 12.6 Å². The summed E-state index contributed by atoms with van der Waals surface area (Å²) in [7, 11) is -2.40. The number of esters is 1. The highest BCUT2D eigenvalue weighted by atomic mass is 32.2. The Morgan fingerprint density at radius 2 is 1.58 bits per heavy atom. The predicted octanol–water partition coefficient (Wildman–Crippen LogP) is 3.28. The topological polar surface area (TPSA) is 107 Å². The van der Waals surface area contributed by atoms with Crippen LogP contribution in [0, 0.1) is 6.92 Å². The number of sulfonamides is 1. The molecule has 0 saturated heterocycles. The van der Waals surface area contributed by atoms with Crippen LogP contribution < -0.4 is 10.0 Å². The Hall–Kier alpha value is -3.65. The fourth-order valence-corrected chi connectivity index (χ4v) is 4.07. The van der Waals surface area contributed by atoms with Crippen molar-refractivity contribution in [3.63, 3.8) is 0 Å². The number of ether oxygens (including phenoxy) is 1. The van der Waals surface area contributed by atoms with Crippen molar-refractivity contribution in [2.24, 2.45) is 5.73 Å². The number of amides is 1. The van der Waals surface area contributed by atoms with Crippen LogP contribution in [-0.2, 0) is 21.4 Å². The van der Waals surface area contributed by atoms with Gasteiger partial charge in [0.2, 0.25) is 5.91 Å². The van der Waals surface area contributed by atoms with Crippen molar-refractivity contribution < 1.29 is 22.7 Å². The lowest BCUT2D eigenvalue weighted by Gasteiger charge is -2.20. The molecule has 0 aliphatic rings. The maximum Gasteiger partial charge on any atom is 0.338 e. The molecule has 0 aliphatic carbocycles. The predicted molar refractivity (Wildman–Crippen MR) is 117 cm³/mol. The van der Waals surface area contributed by atoms with Gasteiger partial charge >= 0.3 is 5.97 Å². The summed E-state index contributed by atoms with van der Waals surface area (Å²) in [5, 5.41) is 0. The van der Waals surface area contributed by atoms with Gasteiger partial charge < -0.3 is 10.5 Å². The van der Waals surface area contributed by atoms with Crippen LogP contribution in [0.5, 0.6) is 0 Å². The standard InChI is InChI=1S/C23H22N2O5S/c1-16-6-12-20(13-7-16)25(2)31(28,29)21-5-3-4-19(14-21)23(27)30-15-17-8-10-18(11-9-17)22(24)26/h3-14H,15H2,1-2H3,(H2,24,26). The number of carbonyl (C=O) groups is 2. The molecule has 0 aromatic heterocycles. The molecule has 0 bridgehead atoms. The van der Waals surface area contributed by atoms with Crippen LogP contribution in [0.4, 0.5) is 5.69 Å². The number of nitrogens with two attached hydrogens (primary N) is 1. The first-order valence-electron chi connectivity index (χ1n) is 9.40. The number of nitrogens with zero attached hydrogens (tertiary/aromatic N) is 1. The number of hydrogen-bond donors (Lipinski definition) is 1. The zero-order valence-corrected chi connectivity index (χ0v) is 17.9. The second-order valence-corrected chi connectivity index (χ2v) is 8.94. The molecule has 0 unspecified atom stereocenters. The Kier molecular flexibility index (Phi) is 6.41. The molecular weight excluding hydrogens is 416 g/mol.